The van der Waals surface area contributed by atoms with Crippen LogP contribution in [0.3, 0.4) is 0 Å². The summed E-state index contributed by atoms with van der Waals surface area (Å²) in [5, 5.41) is 0. The summed E-state index contributed by atoms with van der Waals surface area (Å²) in [5.41, 5.74) is 2.18. The third kappa shape index (κ3) is 2.69. The van der Waals surface area contributed by atoms with Crippen molar-refractivity contribution >= 4 is 11.9 Å². The summed E-state index contributed by atoms with van der Waals surface area (Å²) in [7, 11) is 4.72. The van der Waals surface area contributed by atoms with Crippen molar-refractivity contribution in [2.45, 2.75) is 6.92 Å². The van der Waals surface area contributed by atoms with Crippen LogP contribution in [0.1, 0.15) is 21.5 Å². The SMILES string of the molecule is COc1cc(C)c2c(c1)O/C(=C\c1ccc(OC)c(OC)c1)C2=O. The van der Waals surface area contributed by atoms with Gasteiger partial charge in [0.1, 0.15) is 11.5 Å². The van der Waals surface area contributed by atoms with Crippen LogP contribution >= 0.6 is 0 Å². The van der Waals surface area contributed by atoms with E-state index in [1.807, 2.05) is 19.1 Å². The fourth-order valence-electron chi connectivity index (χ4n) is 2.69. The second-order valence-corrected chi connectivity index (χ2v) is 5.37. The van der Waals surface area contributed by atoms with E-state index in [1.54, 1.807) is 45.6 Å². The number of hydrogen-bond donors (Lipinski definition) is 0. The van der Waals surface area contributed by atoms with Gasteiger partial charge in [0.25, 0.3) is 0 Å². The first kappa shape index (κ1) is 15.9. The third-order valence-electron chi connectivity index (χ3n) is 3.88. The minimum atomic E-state index is -0.139. The van der Waals surface area contributed by atoms with E-state index in [-0.39, 0.29) is 11.5 Å². The van der Waals surface area contributed by atoms with Crippen LogP contribution in [0.5, 0.6) is 23.0 Å². The number of hydrogen-bond acceptors (Lipinski definition) is 5. The van der Waals surface area contributed by atoms with Crippen LogP contribution in [-0.4, -0.2) is 27.1 Å². The van der Waals surface area contributed by atoms with E-state index in [4.69, 9.17) is 18.9 Å². The predicted octanol–water partition coefficient (Wildman–Crippen LogP) is 3.64. The van der Waals surface area contributed by atoms with Crippen LogP contribution in [0.4, 0.5) is 0 Å². The molecule has 2 aromatic rings. The van der Waals surface area contributed by atoms with Gasteiger partial charge < -0.3 is 18.9 Å². The molecule has 0 bridgehead atoms. The van der Waals surface area contributed by atoms with Gasteiger partial charge >= 0.3 is 0 Å². The first-order valence-corrected chi connectivity index (χ1v) is 7.42. The number of ether oxygens (including phenoxy) is 4. The number of benzene rings is 2. The zero-order chi connectivity index (χ0) is 17.3. The Kier molecular flexibility index (Phi) is 4.16. The number of allylic oxidation sites excluding steroid dienone is 1. The highest BCUT2D eigenvalue weighted by atomic mass is 16.5. The summed E-state index contributed by atoms with van der Waals surface area (Å²) in [6.45, 7) is 1.86. The van der Waals surface area contributed by atoms with Crippen molar-refractivity contribution in [2.75, 3.05) is 21.3 Å². The Labute approximate surface area is 140 Å². The van der Waals surface area contributed by atoms with E-state index < -0.39 is 0 Å². The number of ketones is 1. The maximum absolute atomic E-state index is 12.6. The Bertz CT molecular complexity index is 836. The van der Waals surface area contributed by atoms with Crippen molar-refractivity contribution in [3.8, 4) is 23.0 Å². The van der Waals surface area contributed by atoms with E-state index in [1.165, 1.54) is 0 Å². The Balaban J connectivity index is 1.98. The topological polar surface area (TPSA) is 54.0 Å². The van der Waals surface area contributed by atoms with Crippen molar-refractivity contribution in [1.29, 1.82) is 0 Å². The molecule has 0 N–H and O–H groups in total. The lowest BCUT2D eigenvalue weighted by molar-refractivity contribution is 0.101. The average molecular weight is 326 g/mol. The van der Waals surface area contributed by atoms with E-state index in [9.17, 15) is 4.79 Å². The molecule has 0 aromatic heterocycles. The average Bonchev–Trinajstić information content (AvgIpc) is 2.90. The molecule has 0 saturated carbocycles. The molecule has 0 fully saturated rings. The van der Waals surface area contributed by atoms with Crippen LogP contribution in [-0.2, 0) is 0 Å². The molecule has 24 heavy (non-hydrogen) atoms. The Hall–Kier alpha value is -2.95. The molecule has 0 radical (unpaired) electrons. The molecule has 0 atom stereocenters. The molecule has 1 aliphatic rings. The Morgan fingerprint density at radius 3 is 2.38 bits per heavy atom. The maximum Gasteiger partial charge on any atom is 0.232 e. The second kappa shape index (κ2) is 6.28. The molecule has 5 heteroatoms. The molecule has 0 unspecified atom stereocenters. The molecule has 0 amide bonds. The van der Waals surface area contributed by atoms with Crippen molar-refractivity contribution in [2.24, 2.45) is 0 Å². The first-order valence-electron chi connectivity index (χ1n) is 7.42. The molecule has 1 heterocycles. The highest BCUT2D eigenvalue weighted by molar-refractivity contribution is 6.15. The van der Waals surface area contributed by atoms with Crippen LogP contribution in [0.15, 0.2) is 36.1 Å². The largest absolute Gasteiger partial charge is 0.497 e. The Morgan fingerprint density at radius 2 is 1.71 bits per heavy atom. The molecule has 2 aromatic carbocycles. The zero-order valence-electron chi connectivity index (χ0n) is 14.0. The van der Waals surface area contributed by atoms with Gasteiger partial charge in [0, 0.05) is 6.07 Å². The molecular weight excluding hydrogens is 308 g/mol. The third-order valence-corrected chi connectivity index (χ3v) is 3.88. The number of rotatable bonds is 4. The molecule has 1 aliphatic heterocycles. The van der Waals surface area contributed by atoms with Crippen molar-refractivity contribution in [3.63, 3.8) is 0 Å². The van der Waals surface area contributed by atoms with Crippen LogP contribution in [0.25, 0.3) is 6.08 Å². The second-order valence-electron chi connectivity index (χ2n) is 5.37. The van der Waals surface area contributed by atoms with Crippen LogP contribution < -0.4 is 18.9 Å². The number of methoxy groups -OCH3 is 3. The van der Waals surface area contributed by atoms with Gasteiger partial charge in [-0.05, 0) is 42.3 Å². The monoisotopic (exact) mass is 326 g/mol. The van der Waals surface area contributed by atoms with Gasteiger partial charge in [0.2, 0.25) is 5.78 Å². The number of Topliss-reactive ketones (excluding diaryl/α,β-unsaturated/α-hetero) is 1. The van der Waals surface area contributed by atoms with Gasteiger partial charge in [-0.15, -0.1) is 0 Å². The maximum atomic E-state index is 12.6. The van der Waals surface area contributed by atoms with E-state index >= 15 is 0 Å². The van der Waals surface area contributed by atoms with E-state index in [2.05, 4.69) is 0 Å². The lowest BCUT2D eigenvalue weighted by atomic mass is 10.0. The first-order chi connectivity index (χ1) is 11.6. The van der Waals surface area contributed by atoms with Gasteiger partial charge in [-0.25, -0.2) is 0 Å². The van der Waals surface area contributed by atoms with Crippen molar-refractivity contribution < 1.29 is 23.7 Å². The standard InChI is InChI=1S/C19H18O5/c1-11-7-13(21-2)10-16-18(11)19(20)17(24-16)9-12-5-6-14(22-3)15(8-12)23-4/h5-10H,1-4H3/b17-9-. The van der Waals surface area contributed by atoms with E-state index in [0.717, 1.165) is 11.1 Å². The highest BCUT2D eigenvalue weighted by Gasteiger charge is 2.30. The molecule has 0 saturated heterocycles. The summed E-state index contributed by atoms with van der Waals surface area (Å²) in [6, 6.07) is 8.95. The van der Waals surface area contributed by atoms with E-state index in [0.29, 0.717) is 28.6 Å². The van der Waals surface area contributed by atoms with Crippen molar-refractivity contribution in [3.05, 3.63) is 52.8 Å². The number of carbonyl (C=O) groups excluding carboxylic acids is 1. The zero-order valence-corrected chi connectivity index (χ0v) is 14.0. The Morgan fingerprint density at radius 1 is 0.958 bits per heavy atom. The van der Waals surface area contributed by atoms with Gasteiger partial charge in [-0.2, -0.15) is 0 Å². The number of aryl methyl sites for hydroxylation is 1. The summed E-state index contributed by atoms with van der Waals surface area (Å²) in [4.78, 5) is 12.6. The summed E-state index contributed by atoms with van der Waals surface area (Å²) in [5.74, 6) is 2.53. The molecule has 3 rings (SSSR count). The minimum Gasteiger partial charge on any atom is -0.497 e. The number of fused-ring (bicyclic) bond motifs is 1. The van der Waals surface area contributed by atoms with Gasteiger partial charge in [-0.3, -0.25) is 4.79 Å². The molecular formula is C19H18O5. The molecule has 0 spiro atoms. The fourth-order valence-corrected chi connectivity index (χ4v) is 2.69. The lowest BCUT2D eigenvalue weighted by Crippen LogP contribution is -2.00. The minimum absolute atomic E-state index is 0.139. The molecule has 124 valence electrons. The van der Waals surface area contributed by atoms with Crippen LogP contribution in [0.2, 0.25) is 0 Å². The fraction of sp³-hybridized carbons (Fsp3) is 0.211. The van der Waals surface area contributed by atoms with Crippen LogP contribution in [0, 0.1) is 6.92 Å². The summed E-state index contributed by atoms with van der Waals surface area (Å²) in [6.07, 6.45) is 1.69. The van der Waals surface area contributed by atoms with Gasteiger partial charge in [0.05, 0.1) is 26.9 Å². The highest BCUT2D eigenvalue weighted by Crippen LogP contribution is 2.38. The summed E-state index contributed by atoms with van der Waals surface area (Å²) >= 11 is 0. The molecule has 0 aliphatic carbocycles. The normalized spacial score (nSPS) is 14.3. The van der Waals surface area contributed by atoms with Crippen molar-refractivity contribution in [1.82, 2.24) is 0 Å². The summed E-state index contributed by atoms with van der Waals surface area (Å²) < 4.78 is 21.5. The quantitative estimate of drug-likeness (QED) is 0.803. The van der Waals surface area contributed by atoms with Gasteiger partial charge in [0.15, 0.2) is 17.3 Å². The predicted molar refractivity (Wildman–Crippen MR) is 90.2 cm³/mol. The number of carbonyl (C=O) groups is 1. The molecule has 5 nitrogen and oxygen atoms in total. The smallest absolute Gasteiger partial charge is 0.232 e. The lowest BCUT2D eigenvalue weighted by Gasteiger charge is -2.08. The van der Waals surface area contributed by atoms with Gasteiger partial charge in [-0.1, -0.05) is 6.07 Å².